The van der Waals surface area contributed by atoms with Crippen LogP contribution in [0.3, 0.4) is 0 Å². The SMILES string of the molecule is CCCC(Cl)c1noc(-c2ccccc2C(C)(C)C)n1. The van der Waals surface area contributed by atoms with Crippen molar-refractivity contribution in [3.05, 3.63) is 35.7 Å². The molecule has 0 N–H and O–H groups in total. The van der Waals surface area contributed by atoms with Crippen LogP contribution in [0.4, 0.5) is 0 Å². The van der Waals surface area contributed by atoms with E-state index in [2.05, 4.69) is 43.9 Å². The summed E-state index contributed by atoms with van der Waals surface area (Å²) in [6.45, 7) is 8.60. The highest BCUT2D eigenvalue weighted by molar-refractivity contribution is 6.20. The summed E-state index contributed by atoms with van der Waals surface area (Å²) in [7, 11) is 0. The van der Waals surface area contributed by atoms with Gasteiger partial charge in [0.05, 0.1) is 5.38 Å². The molecule has 0 saturated carbocycles. The number of hydrogen-bond donors (Lipinski definition) is 0. The molecule has 0 radical (unpaired) electrons. The van der Waals surface area contributed by atoms with Gasteiger partial charge in [0.25, 0.3) is 5.89 Å². The molecule has 1 atom stereocenters. The fourth-order valence-corrected chi connectivity index (χ4v) is 2.48. The van der Waals surface area contributed by atoms with Crippen LogP contribution < -0.4 is 0 Å². The third-order valence-electron chi connectivity index (χ3n) is 3.23. The van der Waals surface area contributed by atoms with Crippen molar-refractivity contribution in [3.8, 4) is 11.5 Å². The molecule has 0 spiro atoms. The summed E-state index contributed by atoms with van der Waals surface area (Å²) >= 11 is 6.25. The number of benzene rings is 1. The summed E-state index contributed by atoms with van der Waals surface area (Å²) in [5.74, 6) is 1.12. The van der Waals surface area contributed by atoms with Crippen molar-refractivity contribution in [2.45, 2.75) is 51.3 Å². The highest BCUT2D eigenvalue weighted by Crippen LogP contribution is 2.33. The van der Waals surface area contributed by atoms with E-state index in [1.54, 1.807) is 0 Å². The molecular formula is C16H21ClN2O. The smallest absolute Gasteiger partial charge is 0.258 e. The topological polar surface area (TPSA) is 38.9 Å². The first-order valence-corrected chi connectivity index (χ1v) is 7.44. The molecule has 0 aliphatic rings. The quantitative estimate of drug-likeness (QED) is 0.735. The first-order valence-electron chi connectivity index (χ1n) is 7.01. The first-order chi connectivity index (χ1) is 9.43. The molecule has 1 heterocycles. The lowest BCUT2D eigenvalue weighted by molar-refractivity contribution is 0.419. The third-order valence-corrected chi connectivity index (χ3v) is 3.64. The van der Waals surface area contributed by atoms with E-state index >= 15 is 0 Å². The molecule has 0 aliphatic heterocycles. The summed E-state index contributed by atoms with van der Waals surface area (Å²) in [6, 6.07) is 8.13. The maximum Gasteiger partial charge on any atom is 0.258 e. The van der Waals surface area contributed by atoms with Crippen molar-refractivity contribution in [2.75, 3.05) is 0 Å². The van der Waals surface area contributed by atoms with Gasteiger partial charge in [0.1, 0.15) is 0 Å². The van der Waals surface area contributed by atoms with Gasteiger partial charge < -0.3 is 4.52 Å². The summed E-state index contributed by atoms with van der Waals surface area (Å²) < 4.78 is 5.41. The normalized spacial score (nSPS) is 13.4. The summed E-state index contributed by atoms with van der Waals surface area (Å²) in [5.41, 5.74) is 2.20. The lowest BCUT2D eigenvalue weighted by Crippen LogP contribution is -2.12. The lowest BCUT2D eigenvalue weighted by Gasteiger charge is -2.21. The monoisotopic (exact) mass is 292 g/mol. The van der Waals surface area contributed by atoms with Crippen molar-refractivity contribution >= 4 is 11.6 Å². The zero-order valence-electron chi connectivity index (χ0n) is 12.5. The number of alkyl halides is 1. The van der Waals surface area contributed by atoms with E-state index < -0.39 is 0 Å². The fraction of sp³-hybridized carbons (Fsp3) is 0.500. The van der Waals surface area contributed by atoms with Crippen LogP contribution in [0.2, 0.25) is 0 Å². The molecule has 3 nitrogen and oxygen atoms in total. The molecule has 0 bridgehead atoms. The fourth-order valence-electron chi connectivity index (χ4n) is 2.18. The summed E-state index contributed by atoms with van der Waals surface area (Å²) in [5, 5.41) is 3.84. The molecule has 1 aromatic carbocycles. The van der Waals surface area contributed by atoms with Crippen molar-refractivity contribution in [1.82, 2.24) is 10.1 Å². The minimum atomic E-state index is -0.181. The predicted octanol–water partition coefficient (Wildman–Crippen LogP) is 5.11. The van der Waals surface area contributed by atoms with E-state index in [9.17, 15) is 0 Å². The Bertz CT molecular complexity index is 572. The van der Waals surface area contributed by atoms with Gasteiger partial charge in [0.15, 0.2) is 5.82 Å². The largest absolute Gasteiger partial charge is 0.334 e. The van der Waals surface area contributed by atoms with Gasteiger partial charge in [-0.05, 0) is 23.5 Å². The van der Waals surface area contributed by atoms with Crippen molar-refractivity contribution in [1.29, 1.82) is 0 Å². The van der Waals surface area contributed by atoms with Crippen molar-refractivity contribution in [3.63, 3.8) is 0 Å². The van der Waals surface area contributed by atoms with E-state index in [4.69, 9.17) is 16.1 Å². The Morgan fingerprint density at radius 1 is 1.25 bits per heavy atom. The highest BCUT2D eigenvalue weighted by Gasteiger charge is 2.22. The Kier molecular flexibility index (Phi) is 4.48. The van der Waals surface area contributed by atoms with Crippen LogP contribution in [0.1, 0.15) is 57.3 Å². The van der Waals surface area contributed by atoms with E-state index in [-0.39, 0.29) is 10.8 Å². The van der Waals surface area contributed by atoms with Crippen LogP contribution in [0.5, 0.6) is 0 Å². The average molecular weight is 293 g/mol. The van der Waals surface area contributed by atoms with E-state index in [1.807, 2.05) is 18.2 Å². The molecule has 1 aromatic heterocycles. The molecule has 2 aromatic rings. The van der Waals surface area contributed by atoms with E-state index in [0.717, 1.165) is 18.4 Å². The zero-order valence-corrected chi connectivity index (χ0v) is 13.2. The van der Waals surface area contributed by atoms with E-state index in [0.29, 0.717) is 11.7 Å². The van der Waals surface area contributed by atoms with Gasteiger partial charge >= 0.3 is 0 Å². The second-order valence-electron chi connectivity index (χ2n) is 6.01. The Morgan fingerprint density at radius 2 is 1.95 bits per heavy atom. The van der Waals surface area contributed by atoms with Crippen LogP contribution in [0, 0.1) is 0 Å². The molecule has 108 valence electrons. The summed E-state index contributed by atoms with van der Waals surface area (Å²) in [6.07, 6.45) is 1.85. The molecule has 1 unspecified atom stereocenters. The minimum absolute atomic E-state index is 0.0228. The van der Waals surface area contributed by atoms with Gasteiger partial charge in [-0.2, -0.15) is 4.98 Å². The summed E-state index contributed by atoms with van der Waals surface area (Å²) in [4.78, 5) is 4.46. The number of rotatable bonds is 4. The predicted molar refractivity (Wildman–Crippen MR) is 81.9 cm³/mol. The highest BCUT2D eigenvalue weighted by atomic mass is 35.5. The third kappa shape index (κ3) is 3.21. The van der Waals surface area contributed by atoms with Crippen LogP contribution in [0.15, 0.2) is 28.8 Å². The molecular weight excluding hydrogens is 272 g/mol. The molecule has 20 heavy (non-hydrogen) atoms. The number of aromatic nitrogens is 2. The molecule has 0 amide bonds. The van der Waals surface area contributed by atoms with Crippen LogP contribution in [0.25, 0.3) is 11.5 Å². The first kappa shape index (κ1) is 15.0. The Labute approximate surface area is 125 Å². The van der Waals surface area contributed by atoms with Gasteiger partial charge in [0, 0.05) is 5.56 Å². The maximum absolute atomic E-state index is 6.25. The second kappa shape index (κ2) is 5.96. The average Bonchev–Trinajstić information content (AvgIpc) is 2.87. The van der Waals surface area contributed by atoms with Crippen LogP contribution >= 0.6 is 11.6 Å². The molecule has 0 fully saturated rings. The number of nitrogens with zero attached hydrogens (tertiary/aromatic N) is 2. The lowest BCUT2D eigenvalue weighted by atomic mass is 9.84. The standard InChI is InChI=1S/C16H21ClN2O/c1-5-8-13(17)14-18-15(20-19-14)11-9-6-7-10-12(11)16(2,3)4/h6-7,9-10,13H,5,8H2,1-4H3. The number of halogens is 1. The van der Waals surface area contributed by atoms with Gasteiger partial charge in [-0.3, -0.25) is 0 Å². The van der Waals surface area contributed by atoms with Gasteiger partial charge in [-0.15, -0.1) is 11.6 Å². The van der Waals surface area contributed by atoms with Crippen LogP contribution in [-0.2, 0) is 5.41 Å². The Morgan fingerprint density at radius 3 is 2.60 bits per heavy atom. The van der Waals surface area contributed by atoms with Gasteiger partial charge in [0.2, 0.25) is 0 Å². The van der Waals surface area contributed by atoms with Gasteiger partial charge in [-0.25, -0.2) is 0 Å². The minimum Gasteiger partial charge on any atom is -0.334 e. The second-order valence-corrected chi connectivity index (χ2v) is 6.54. The maximum atomic E-state index is 6.25. The zero-order chi connectivity index (χ0) is 14.8. The Hall–Kier alpha value is -1.35. The molecule has 2 rings (SSSR count). The Balaban J connectivity index is 2.38. The molecule has 4 heteroatoms. The number of hydrogen-bond acceptors (Lipinski definition) is 3. The van der Waals surface area contributed by atoms with Gasteiger partial charge in [-0.1, -0.05) is 57.5 Å². The van der Waals surface area contributed by atoms with E-state index in [1.165, 1.54) is 5.56 Å². The van der Waals surface area contributed by atoms with Crippen molar-refractivity contribution in [2.24, 2.45) is 0 Å². The molecule has 0 aliphatic carbocycles. The molecule has 0 saturated heterocycles. The van der Waals surface area contributed by atoms with Crippen LogP contribution in [-0.4, -0.2) is 10.1 Å². The van der Waals surface area contributed by atoms with Crippen molar-refractivity contribution < 1.29 is 4.52 Å².